The summed E-state index contributed by atoms with van der Waals surface area (Å²) in [5, 5.41) is 5.50. The van der Waals surface area contributed by atoms with E-state index in [-0.39, 0.29) is 5.24 Å². The fourth-order valence-electron chi connectivity index (χ4n) is 2.80. The minimum absolute atomic E-state index is 0.0926. The number of allylic oxidation sites excluding steroid dienone is 5. The Balaban J connectivity index is 2.09. The Hall–Kier alpha value is -2.92. The second-order valence-electron chi connectivity index (χ2n) is 7.08. The number of rotatable bonds is 9. The van der Waals surface area contributed by atoms with Gasteiger partial charge < -0.3 is 15.1 Å². The van der Waals surface area contributed by atoms with Crippen molar-refractivity contribution in [3.8, 4) is 0 Å². The Bertz CT molecular complexity index is 960. The summed E-state index contributed by atoms with van der Waals surface area (Å²) < 4.78 is 0. The van der Waals surface area contributed by atoms with Crippen molar-refractivity contribution in [3.63, 3.8) is 0 Å². The van der Waals surface area contributed by atoms with Gasteiger partial charge in [-0.15, -0.1) is 0 Å². The van der Waals surface area contributed by atoms with Crippen molar-refractivity contribution >= 4 is 39.5 Å². The largest absolute Gasteiger partial charge is 0.394 e. The lowest BCUT2D eigenvalue weighted by Crippen LogP contribution is -2.23. The molecule has 0 atom stereocenters. The molecule has 4 nitrogen and oxygen atoms in total. The van der Waals surface area contributed by atoms with Gasteiger partial charge in [0, 0.05) is 46.2 Å². The Labute approximate surface area is 184 Å². The number of anilines is 1. The Kier molecular flexibility index (Phi) is 9.29. The van der Waals surface area contributed by atoms with Crippen LogP contribution in [-0.4, -0.2) is 50.6 Å². The third-order valence-corrected chi connectivity index (χ3v) is 5.53. The summed E-state index contributed by atoms with van der Waals surface area (Å²) in [5.74, 6) is 0.762. The summed E-state index contributed by atoms with van der Waals surface area (Å²) in [7, 11) is 7.50. The normalized spacial score (nSPS) is 11.9. The van der Waals surface area contributed by atoms with Crippen LogP contribution >= 0.6 is 11.8 Å². The van der Waals surface area contributed by atoms with Crippen LogP contribution in [0.3, 0.4) is 0 Å². The average molecular weight is 422 g/mol. The first-order valence-corrected chi connectivity index (χ1v) is 10.9. The van der Waals surface area contributed by atoms with Gasteiger partial charge >= 0.3 is 0 Å². The summed E-state index contributed by atoms with van der Waals surface area (Å²) in [5.41, 5.74) is 3.37. The van der Waals surface area contributed by atoms with Gasteiger partial charge in [-0.3, -0.25) is 4.79 Å². The Morgan fingerprint density at radius 2 is 1.83 bits per heavy atom. The van der Waals surface area contributed by atoms with Crippen LogP contribution in [0, 0.1) is 0 Å². The van der Waals surface area contributed by atoms with Gasteiger partial charge in [0.1, 0.15) is 0 Å². The number of amides is 1. The molecule has 0 fully saturated rings. The first-order valence-electron chi connectivity index (χ1n) is 9.88. The molecule has 0 aliphatic carbocycles. The monoisotopic (exact) mass is 421 g/mol. The molecule has 2 aromatic carbocycles. The standard InChI is InChI=1S/C25H31N3OS/c1-6-7-20(14-15-26-2)8-9-21-10-11-23-19-24(13-12-22(23)18-21)28(5)16-17-30-25(29)27(3)4/h6-15,18-19,26H,1,16-17H2,2-5H3/b9-8+,15-14-,20-7-. The van der Waals surface area contributed by atoms with E-state index in [1.54, 1.807) is 25.1 Å². The molecule has 2 rings (SSSR count). The molecule has 1 amide bonds. The molecule has 0 heterocycles. The van der Waals surface area contributed by atoms with Gasteiger partial charge in [0.15, 0.2) is 0 Å². The molecule has 0 saturated carbocycles. The van der Waals surface area contributed by atoms with E-state index >= 15 is 0 Å². The van der Waals surface area contributed by atoms with Gasteiger partial charge in [-0.25, -0.2) is 0 Å². The maximum Gasteiger partial charge on any atom is 0.281 e. The topological polar surface area (TPSA) is 35.6 Å². The fourth-order valence-corrected chi connectivity index (χ4v) is 3.59. The highest BCUT2D eigenvalue weighted by Gasteiger charge is 2.07. The molecular weight excluding hydrogens is 390 g/mol. The van der Waals surface area contributed by atoms with E-state index in [1.807, 2.05) is 25.4 Å². The minimum atomic E-state index is 0.0926. The number of fused-ring (bicyclic) bond motifs is 1. The molecule has 158 valence electrons. The maximum atomic E-state index is 11.7. The lowest BCUT2D eigenvalue weighted by atomic mass is 10.0. The van der Waals surface area contributed by atoms with Crippen LogP contribution in [0.5, 0.6) is 0 Å². The molecule has 0 aliphatic heterocycles. The maximum absolute atomic E-state index is 11.7. The van der Waals surface area contributed by atoms with Crippen LogP contribution in [0.1, 0.15) is 5.56 Å². The van der Waals surface area contributed by atoms with Crippen molar-refractivity contribution in [3.05, 3.63) is 84.6 Å². The number of carbonyl (C=O) groups is 1. The second kappa shape index (κ2) is 11.9. The average Bonchev–Trinajstić information content (AvgIpc) is 2.74. The number of thioether (sulfide) groups is 1. The molecule has 0 spiro atoms. The van der Waals surface area contributed by atoms with Gasteiger partial charge in [0.2, 0.25) is 0 Å². The zero-order chi connectivity index (χ0) is 21.9. The molecule has 0 aromatic heterocycles. The summed E-state index contributed by atoms with van der Waals surface area (Å²) in [4.78, 5) is 15.5. The number of nitrogens with zero attached hydrogens (tertiary/aromatic N) is 2. The Morgan fingerprint density at radius 3 is 2.53 bits per heavy atom. The zero-order valence-electron chi connectivity index (χ0n) is 18.3. The quantitative estimate of drug-likeness (QED) is 0.539. The highest BCUT2D eigenvalue weighted by Crippen LogP contribution is 2.24. The Morgan fingerprint density at radius 1 is 1.10 bits per heavy atom. The minimum Gasteiger partial charge on any atom is -0.394 e. The van der Waals surface area contributed by atoms with Crippen molar-refractivity contribution in [1.82, 2.24) is 10.2 Å². The lowest BCUT2D eigenvalue weighted by molar-refractivity contribution is 0.241. The van der Waals surface area contributed by atoms with E-state index in [2.05, 4.69) is 72.4 Å². The molecular formula is C25H31N3OS. The van der Waals surface area contributed by atoms with Crippen molar-refractivity contribution in [1.29, 1.82) is 0 Å². The SMILES string of the molecule is C=C/C=C(\C=C/NC)/C=C/c1ccc2cc(N(C)CCSC(=O)N(C)C)ccc2c1. The lowest BCUT2D eigenvalue weighted by Gasteiger charge is -2.20. The van der Waals surface area contributed by atoms with E-state index in [4.69, 9.17) is 0 Å². The molecule has 0 aliphatic rings. The highest BCUT2D eigenvalue weighted by atomic mass is 32.2. The van der Waals surface area contributed by atoms with Gasteiger partial charge in [0.05, 0.1) is 0 Å². The molecule has 0 saturated heterocycles. The first-order chi connectivity index (χ1) is 14.4. The second-order valence-corrected chi connectivity index (χ2v) is 8.13. The summed E-state index contributed by atoms with van der Waals surface area (Å²) in [6, 6.07) is 12.9. The number of benzene rings is 2. The molecule has 0 bridgehead atoms. The molecule has 30 heavy (non-hydrogen) atoms. The van der Waals surface area contributed by atoms with Crippen molar-refractivity contribution in [2.45, 2.75) is 0 Å². The predicted molar refractivity (Wildman–Crippen MR) is 134 cm³/mol. The number of nitrogens with one attached hydrogen (secondary N) is 1. The number of carbonyl (C=O) groups excluding carboxylic acids is 1. The third-order valence-electron chi connectivity index (χ3n) is 4.53. The van der Waals surface area contributed by atoms with E-state index in [9.17, 15) is 4.79 Å². The van der Waals surface area contributed by atoms with E-state index in [0.717, 1.165) is 29.1 Å². The van der Waals surface area contributed by atoms with Crippen LogP contribution in [0.4, 0.5) is 10.5 Å². The van der Waals surface area contributed by atoms with Crippen LogP contribution in [-0.2, 0) is 0 Å². The van der Waals surface area contributed by atoms with Crippen molar-refractivity contribution in [2.75, 3.05) is 45.4 Å². The van der Waals surface area contributed by atoms with Crippen LogP contribution in [0.15, 0.2) is 79.1 Å². The summed E-state index contributed by atoms with van der Waals surface area (Å²) in [6.45, 7) is 4.59. The summed E-state index contributed by atoms with van der Waals surface area (Å²) in [6.07, 6.45) is 11.8. The smallest absolute Gasteiger partial charge is 0.281 e. The van der Waals surface area contributed by atoms with E-state index < -0.39 is 0 Å². The number of hydrogen-bond donors (Lipinski definition) is 1. The van der Waals surface area contributed by atoms with Gasteiger partial charge in [-0.1, -0.05) is 60.8 Å². The first kappa shape index (κ1) is 23.4. The van der Waals surface area contributed by atoms with Crippen LogP contribution in [0.25, 0.3) is 16.8 Å². The van der Waals surface area contributed by atoms with E-state index in [1.165, 1.54) is 22.5 Å². The molecule has 0 unspecified atom stereocenters. The zero-order valence-corrected chi connectivity index (χ0v) is 19.1. The fraction of sp³-hybridized carbons (Fsp3) is 0.240. The van der Waals surface area contributed by atoms with E-state index in [0.29, 0.717) is 0 Å². The van der Waals surface area contributed by atoms with Gasteiger partial charge in [-0.2, -0.15) is 0 Å². The molecule has 1 N–H and O–H groups in total. The molecule has 0 radical (unpaired) electrons. The third kappa shape index (κ3) is 7.16. The van der Waals surface area contributed by atoms with Crippen LogP contribution in [0.2, 0.25) is 0 Å². The van der Waals surface area contributed by atoms with Crippen molar-refractivity contribution in [2.24, 2.45) is 0 Å². The summed E-state index contributed by atoms with van der Waals surface area (Å²) >= 11 is 1.35. The highest BCUT2D eigenvalue weighted by molar-refractivity contribution is 8.13. The predicted octanol–water partition coefficient (Wildman–Crippen LogP) is 5.55. The van der Waals surface area contributed by atoms with Crippen molar-refractivity contribution < 1.29 is 4.79 Å². The van der Waals surface area contributed by atoms with Gasteiger partial charge in [0.25, 0.3) is 5.24 Å². The van der Waals surface area contributed by atoms with Crippen LogP contribution < -0.4 is 10.2 Å². The molecule has 2 aromatic rings. The number of hydrogen-bond acceptors (Lipinski definition) is 4. The molecule has 5 heteroatoms. The van der Waals surface area contributed by atoms with Gasteiger partial charge in [-0.05, 0) is 52.4 Å².